The predicted octanol–water partition coefficient (Wildman–Crippen LogP) is 2.86. The van der Waals surface area contributed by atoms with E-state index in [1.54, 1.807) is 32.3 Å². The zero-order valence-electron chi connectivity index (χ0n) is 12.4. The normalized spacial score (nSPS) is 11.0. The summed E-state index contributed by atoms with van der Waals surface area (Å²) < 4.78 is 5.74. The van der Waals surface area contributed by atoms with Crippen LogP contribution in [0.2, 0.25) is 0 Å². The number of amides is 1. The summed E-state index contributed by atoms with van der Waals surface area (Å²) >= 11 is 0. The van der Waals surface area contributed by atoms with Gasteiger partial charge in [0.15, 0.2) is 0 Å². The number of pyridine rings is 1. The second kappa shape index (κ2) is 5.93. The van der Waals surface area contributed by atoms with Gasteiger partial charge < -0.3 is 15.8 Å². The molecule has 0 atom stereocenters. The predicted molar refractivity (Wildman–Crippen MR) is 82.4 cm³/mol. The molecule has 0 fully saturated rings. The van der Waals surface area contributed by atoms with E-state index in [0.717, 1.165) is 5.56 Å². The van der Waals surface area contributed by atoms with Crippen molar-refractivity contribution in [3.8, 4) is 11.5 Å². The molecule has 0 aliphatic carbocycles. The Kier molecular flexibility index (Phi) is 4.23. The van der Waals surface area contributed by atoms with Gasteiger partial charge in [0.05, 0.1) is 11.7 Å². The number of aryl methyl sites for hydroxylation is 1. The summed E-state index contributed by atoms with van der Waals surface area (Å²) in [6.07, 6.45) is 3.33. The molecule has 1 aromatic heterocycles. The zero-order valence-corrected chi connectivity index (χ0v) is 12.4. The fourth-order valence-corrected chi connectivity index (χ4v) is 1.67. The van der Waals surface area contributed by atoms with Crippen LogP contribution in [0, 0.1) is 6.92 Å². The van der Waals surface area contributed by atoms with Gasteiger partial charge in [-0.2, -0.15) is 0 Å². The molecule has 0 spiro atoms. The van der Waals surface area contributed by atoms with Gasteiger partial charge in [0.25, 0.3) is 0 Å². The van der Waals surface area contributed by atoms with Crippen LogP contribution in [0.3, 0.4) is 0 Å². The molecule has 2 rings (SSSR count). The van der Waals surface area contributed by atoms with Gasteiger partial charge >= 0.3 is 0 Å². The van der Waals surface area contributed by atoms with Crippen LogP contribution in [-0.2, 0) is 4.79 Å². The van der Waals surface area contributed by atoms with E-state index in [-0.39, 0.29) is 5.91 Å². The highest BCUT2D eigenvalue weighted by molar-refractivity contribution is 5.97. The minimum Gasteiger partial charge on any atom is -0.455 e. The molecule has 1 amide bonds. The number of benzene rings is 1. The number of rotatable bonds is 4. The molecule has 5 nitrogen and oxygen atoms in total. The third kappa shape index (κ3) is 4.03. The van der Waals surface area contributed by atoms with Crippen molar-refractivity contribution in [3.63, 3.8) is 0 Å². The molecule has 0 radical (unpaired) electrons. The maximum absolute atomic E-state index is 11.8. The average molecular weight is 285 g/mol. The summed E-state index contributed by atoms with van der Waals surface area (Å²) in [6, 6.07) is 9.07. The fraction of sp³-hybridized carbons (Fsp3) is 0.250. The number of aromatic nitrogens is 1. The number of nitrogens with zero attached hydrogens (tertiary/aromatic N) is 1. The Morgan fingerprint density at radius 2 is 2.10 bits per heavy atom. The van der Waals surface area contributed by atoms with Crippen LogP contribution in [0.25, 0.3) is 0 Å². The van der Waals surface area contributed by atoms with Gasteiger partial charge in [-0.1, -0.05) is 0 Å². The van der Waals surface area contributed by atoms with Crippen molar-refractivity contribution < 1.29 is 9.53 Å². The molecule has 5 heteroatoms. The number of hydrogen-bond donors (Lipinski definition) is 2. The molecule has 0 aliphatic rings. The highest BCUT2D eigenvalue weighted by Crippen LogP contribution is 2.27. The summed E-state index contributed by atoms with van der Waals surface area (Å²) in [5, 5.41) is 2.78. The molecule has 1 heterocycles. The number of carbonyl (C=O) groups excluding carboxylic acids is 1. The Labute approximate surface area is 124 Å². The van der Waals surface area contributed by atoms with E-state index in [1.165, 1.54) is 0 Å². The molecule has 0 saturated carbocycles. The van der Waals surface area contributed by atoms with Crippen molar-refractivity contribution in [2.24, 2.45) is 5.73 Å². The van der Waals surface area contributed by atoms with E-state index in [4.69, 9.17) is 10.5 Å². The van der Waals surface area contributed by atoms with Gasteiger partial charge in [-0.25, -0.2) is 0 Å². The van der Waals surface area contributed by atoms with Crippen molar-refractivity contribution in [1.82, 2.24) is 4.98 Å². The van der Waals surface area contributed by atoms with E-state index in [1.807, 2.05) is 31.2 Å². The van der Waals surface area contributed by atoms with E-state index in [0.29, 0.717) is 17.2 Å². The molecular formula is C16H19N3O2. The van der Waals surface area contributed by atoms with Gasteiger partial charge in [-0.05, 0) is 56.7 Å². The lowest BCUT2D eigenvalue weighted by molar-refractivity contribution is -0.120. The van der Waals surface area contributed by atoms with Crippen LogP contribution >= 0.6 is 0 Å². The molecule has 0 saturated heterocycles. The van der Waals surface area contributed by atoms with Crippen LogP contribution < -0.4 is 15.8 Å². The molecule has 21 heavy (non-hydrogen) atoms. The van der Waals surface area contributed by atoms with Crippen molar-refractivity contribution in [3.05, 3.63) is 48.3 Å². The summed E-state index contributed by atoms with van der Waals surface area (Å²) in [5.74, 6) is 1.15. The van der Waals surface area contributed by atoms with Crippen LogP contribution in [0.1, 0.15) is 19.4 Å². The molecule has 0 bridgehead atoms. The number of ether oxygens (including phenoxy) is 1. The van der Waals surface area contributed by atoms with Crippen LogP contribution in [0.15, 0.2) is 42.7 Å². The quantitative estimate of drug-likeness (QED) is 0.905. The topological polar surface area (TPSA) is 77.2 Å². The standard InChI is InChI=1S/C16H19N3O2/c1-11-9-12(19-15(20)16(2,3)17)6-7-14(11)21-13-5-4-8-18-10-13/h4-10H,17H2,1-3H3,(H,19,20). The highest BCUT2D eigenvalue weighted by atomic mass is 16.5. The monoisotopic (exact) mass is 285 g/mol. The lowest BCUT2D eigenvalue weighted by Crippen LogP contribution is -2.45. The number of nitrogens with one attached hydrogen (secondary N) is 1. The van der Waals surface area contributed by atoms with E-state index < -0.39 is 5.54 Å². The van der Waals surface area contributed by atoms with Crippen molar-refractivity contribution in [1.29, 1.82) is 0 Å². The van der Waals surface area contributed by atoms with E-state index in [2.05, 4.69) is 10.3 Å². The van der Waals surface area contributed by atoms with Crippen LogP contribution in [0.5, 0.6) is 11.5 Å². The van der Waals surface area contributed by atoms with Crippen molar-refractivity contribution in [2.45, 2.75) is 26.3 Å². The van der Waals surface area contributed by atoms with Crippen molar-refractivity contribution in [2.75, 3.05) is 5.32 Å². The zero-order chi connectivity index (χ0) is 15.5. The summed E-state index contributed by atoms with van der Waals surface area (Å²) in [7, 11) is 0. The lowest BCUT2D eigenvalue weighted by Gasteiger charge is -2.18. The molecule has 110 valence electrons. The second-order valence-electron chi connectivity index (χ2n) is 5.45. The Hall–Kier alpha value is -2.40. The number of anilines is 1. The van der Waals surface area contributed by atoms with Crippen LogP contribution in [0.4, 0.5) is 5.69 Å². The SMILES string of the molecule is Cc1cc(NC(=O)C(C)(C)N)ccc1Oc1cccnc1. The first kappa shape index (κ1) is 15.0. The maximum atomic E-state index is 11.8. The molecular weight excluding hydrogens is 266 g/mol. The number of nitrogens with two attached hydrogens (primary N) is 1. The van der Waals surface area contributed by atoms with Crippen molar-refractivity contribution >= 4 is 11.6 Å². The van der Waals surface area contributed by atoms with Crippen LogP contribution in [-0.4, -0.2) is 16.4 Å². The van der Waals surface area contributed by atoms with Gasteiger partial charge in [-0.15, -0.1) is 0 Å². The van der Waals surface area contributed by atoms with E-state index >= 15 is 0 Å². The Morgan fingerprint density at radius 1 is 1.33 bits per heavy atom. The minimum absolute atomic E-state index is 0.233. The first-order valence-electron chi connectivity index (χ1n) is 6.65. The van der Waals surface area contributed by atoms with Gasteiger partial charge in [-0.3, -0.25) is 9.78 Å². The molecule has 1 aromatic carbocycles. The average Bonchev–Trinajstić information content (AvgIpc) is 2.42. The third-order valence-corrected chi connectivity index (χ3v) is 2.88. The fourth-order valence-electron chi connectivity index (χ4n) is 1.67. The summed E-state index contributed by atoms with van der Waals surface area (Å²) in [6.45, 7) is 5.24. The maximum Gasteiger partial charge on any atom is 0.243 e. The Bertz CT molecular complexity index is 634. The van der Waals surface area contributed by atoms with E-state index in [9.17, 15) is 4.79 Å². The highest BCUT2D eigenvalue weighted by Gasteiger charge is 2.21. The first-order valence-corrected chi connectivity index (χ1v) is 6.65. The molecule has 3 N–H and O–H groups in total. The molecule has 2 aromatic rings. The largest absolute Gasteiger partial charge is 0.455 e. The van der Waals surface area contributed by atoms with Gasteiger partial charge in [0.2, 0.25) is 5.91 Å². The Morgan fingerprint density at radius 3 is 2.67 bits per heavy atom. The second-order valence-corrected chi connectivity index (χ2v) is 5.45. The number of carbonyl (C=O) groups is 1. The summed E-state index contributed by atoms with van der Waals surface area (Å²) in [5.41, 5.74) is 6.43. The Balaban J connectivity index is 2.13. The third-order valence-electron chi connectivity index (χ3n) is 2.88. The minimum atomic E-state index is -0.918. The van der Waals surface area contributed by atoms with Gasteiger partial charge in [0, 0.05) is 11.9 Å². The molecule has 0 unspecified atom stereocenters. The van der Waals surface area contributed by atoms with Gasteiger partial charge in [0.1, 0.15) is 11.5 Å². The summed E-state index contributed by atoms with van der Waals surface area (Å²) in [4.78, 5) is 15.8. The number of hydrogen-bond acceptors (Lipinski definition) is 4. The first-order chi connectivity index (χ1) is 9.86. The molecule has 0 aliphatic heterocycles. The lowest BCUT2D eigenvalue weighted by atomic mass is 10.1. The smallest absolute Gasteiger partial charge is 0.243 e.